The molecule has 5 nitrogen and oxygen atoms in total. The maximum Gasteiger partial charge on any atom is 0.224 e. The van der Waals surface area contributed by atoms with Crippen molar-refractivity contribution in [2.75, 3.05) is 20.8 Å². The summed E-state index contributed by atoms with van der Waals surface area (Å²) in [5.74, 6) is 2.73. The van der Waals surface area contributed by atoms with Crippen molar-refractivity contribution in [1.82, 2.24) is 5.32 Å². The summed E-state index contributed by atoms with van der Waals surface area (Å²) in [5.41, 5.74) is 3.15. The minimum Gasteiger partial charge on any atom is -0.497 e. The van der Waals surface area contributed by atoms with Crippen LogP contribution in [-0.2, 0) is 17.6 Å². The normalized spacial score (nSPS) is 10.4. The van der Waals surface area contributed by atoms with E-state index in [1.54, 1.807) is 14.2 Å². The first-order chi connectivity index (χ1) is 14.6. The summed E-state index contributed by atoms with van der Waals surface area (Å²) < 4.78 is 16.6. The Kier molecular flexibility index (Phi) is 7.33. The average Bonchev–Trinajstić information content (AvgIpc) is 2.76. The summed E-state index contributed by atoms with van der Waals surface area (Å²) in [6.45, 7) is 2.60. The van der Waals surface area contributed by atoms with Crippen molar-refractivity contribution in [2.45, 2.75) is 19.8 Å². The van der Waals surface area contributed by atoms with E-state index in [0.717, 1.165) is 29.0 Å². The molecule has 156 valence electrons. The lowest BCUT2D eigenvalue weighted by Crippen LogP contribution is -2.27. The highest BCUT2D eigenvalue weighted by Gasteiger charge is 2.10. The number of amides is 1. The predicted molar refractivity (Wildman–Crippen MR) is 118 cm³/mol. The van der Waals surface area contributed by atoms with Crippen molar-refractivity contribution < 1.29 is 19.0 Å². The van der Waals surface area contributed by atoms with Gasteiger partial charge in [0.1, 0.15) is 11.5 Å². The molecule has 0 atom stereocenters. The summed E-state index contributed by atoms with van der Waals surface area (Å²) in [5, 5.41) is 2.96. The number of nitrogens with one attached hydrogen (secondary N) is 1. The van der Waals surface area contributed by atoms with E-state index in [-0.39, 0.29) is 12.3 Å². The van der Waals surface area contributed by atoms with Crippen molar-refractivity contribution in [3.63, 3.8) is 0 Å². The molecular formula is C25H27NO4. The lowest BCUT2D eigenvalue weighted by molar-refractivity contribution is -0.120. The fourth-order valence-corrected chi connectivity index (χ4v) is 3.06. The number of carbonyl (C=O) groups excluding carboxylic acids is 1. The van der Waals surface area contributed by atoms with Gasteiger partial charge in [0.15, 0.2) is 11.5 Å². The molecule has 0 unspecified atom stereocenters. The summed E-state index contributed by atoms with van der Waals surface area (Å²) in [6.07, 6.45) is 1.02. The van der Waals surface area contributed by atoms with Crippen LogP contribution in [0.3, 0.4) is 0 Å². The third-order valence-corrected chi connectivity index (χ3v) is 4.71. The molecule has 0 saturated heterocycles. The van der Waals surface area contributed by atoms with Crippen LogP contribution in [0.2, 0.25) is 0 Å². The van der Waals surface area contributed by atoms with Crippen molar-refractivity contribution in [3.05, 3.63) is 83.4 Å². The van der Waals surface area contributed by atoms with E-state index in [4.69, 9.17) is 14.2 Å². The zero-order chi connectivity index (χ0) is 21.3. The molecule has 3 aromatic rings. The SMILES string of the molecule is COc1cccc(CCNC(=O)Cc2ccc(Oc3ccc(C)cc3)c(OC)c2)c1. The van der Waals surface area contributed by atoms with Gasteiger partial charge in [-0.05, 0) is 60.9 Å². The number of rotatable bonds is 9. The van der Waals surface area contributed by atoms with Crippen LogP contribution < -0.4 is 19.5 Å². The van der Waals surface area contributed by atoms with Crippen LogP contribution in [0.1, 0.15) is 16.7 Å². The van der Waals surface area contributed by atoms with Gasteiger partial charge in [-0.1, -0.05) is 35.9 Å². The molecule has 3 aromatic carbocycles. The van der Waals surface area contributed by atoms with E-state index in [9.17, 15) is 4.79 Å². The maximum atomic E-state index is 12.3. The van der Waals surface area contributed by atoms with Crippen LogP contribution in [0.4, 0.5) is 0 Å². The second-order valence-electron chi connectivity index (χ2n) is 7.03. The molecule has 5 heteroatoms. The standard InChI is InChI=1S/C25H27NO4/c1-18-7-10-21(11-8-18)30-23-12-9-20(16-24(23)29-3)17-25(27)26-14-13-19-5-4-6-22(15-19)28-2/h4-12,15-16H,13-14,17H2,1-3H3,(H,26,27). The number of methoxy groups -OCH3 is 2. The lowest BCUT2D eigenvalue weighted by Gasteiger charge is -2.12. The van der Waals surface area contributed by atoms with E-state index < -0.39 is 0 Å². The van der Waals surface area contributed by atoms with Crippen molar-refractivity contribution >= 4 is 5.91 Å². The summed E-state index contributed by atoms with van der Waals surface area (Å²) >= 11 is 0. The Balaban J connectivity index is 1.55. The van der Waals surface area contributed by atoms with Crippen LogP contribution in [0.15, 0.2) is 66.7 Å². The lowest BCUT2D eigenvalue weighted by atomic mass is 10.1. The molecule has 0 aliphatic carbocycles. The number of carbonyl (C=O) groups is 1. The topological polar surface area (TPSA) is 56.8 Å². The molecule has 3 rings (SSSR count). The molecule has 0 spiro atoms. The average molecular weight is 405 g/mol. The predicted octanol–water partition coefficient (Wildman–Crippen LogP) is 4.71. The van der Waals surface area contributed by atoms with Crippen molar-refractivity contribution in [1.29, 1.82) is 0 Å². The largest absolute Gasteiger partial charge is 0.497 e. The first-order valence-electron chi connectivity index (χ1n) is 9.88. The summed E-state index contributed by atoms with van der Waals surface area (Å²) in [7, 11) is 3.24. The van der Waals surface area contributed by atoms with Crippen LogP contribution in [0, 0.1) is 6.92 Å². The van der Waals surface area contributed by atoms with Gasteiger partial charge in [-0.25, -0.2) is 0 Å². The van der Waals surface area contributed by atoms with Crippen molar-refractivity contribution in [2.24, 2.45) is 0 Å². The third-order valence-electron chi connectivity index (χ3n) is 4.71. The Labute approximate surface area is 177 Å². The molecule has 0 aromatic heterocycles. The van der Waals surface area contributed by atoms with E-state index in [0.29, 0.717) is 18.0 Å². The summed E-state index contributed by atoms with van der Waals surface area (Å²) in [4.78, 5) is 12.3. The third kappa shape index (κ3) is 6.01. The minimum atomic E-state index is -0.0350. The second-order valence-corrected chi connectivity index (χ2v) is 7.03. The Hall–Kier alpha value is -3.47. The van der Waals surface area contributed by atoms with E-state index >= 15 is 0 Å². The van der Waals surface area contributed by atoms with Gasteiger partial charge in [0.2, 0.25) is 5.91 Å². The number of hydrogen-bond donors (Lipinski definition) is 1. The zero-order valence-corrected chi connectivity index (χ0v) is 17.6. The molecule has 0 heterocycles. The van der Waals surface area contributed by atoms with Gasteiger partial charge in [0.25, 0.3) is 0 Å². The highest BCUT2D eigenvalue weighted by atomic mass is 16.5. The van der Waals surface area contributed by atoms with E-state index in [1.807, 2.05) is 73.7 Å². The smallest absolute Gasteiger partial charge is 0.224 e. The molecule has 1 N–H and O–H groups in total. The van der Waals surface area contributed by atoms with Crippen LogP contribution in [0.5, 0.6) is 23.0 Å². The van der Waals surface area contributed by atoms with E-state index in [2.05, 4.69) is 5.32 Å². The van der Waals surface area contributed by atoms with Crippen LogP contribution in [-0.4, -0.2) is 26.7 Å². The van der Waals surface area contributed by atoms with Crippen LogP contribution in [0.25, 0.3) is 0 Å². The fourth-order valence-electron chi connectivity index (χ4n) is 3.06. The zero-order valence-electron chi connectivity index (χ0n) is 17.6. The van der Waals surface area contributed by atoms with Gasteiger partial charge >= 0.3 is 0 Å². The molecule has 0 saturated carbocycles. The number of hydrogen-bond acceptors (Lipinski definition) is 4. The van der Waals surface area contributed by atoms with Gasteiger partial charge in [-0.15, -0.1) is 0 Å². The molecule has 30 heavy (non-hydrogen) atoms. The summed E-state index contributed by atoms with van der Waals surface area (Å²) in [6, 6.07) is 21.2. The minimum absolute atomic E-state index is 0.0350. The first-order valence-corrected chi connectivity index (χ1v) is 9.88. The van der Waals surface area contributed by atoms with Gasteiger partial charge < -0.3 is 19.5 Å². The van der Waals surface area contributed by atoms with Crippen molar-refractivity contribution in [3.8, 4) is 23.0 Å². The second kappa shape index (κ2) is 10.3. The molecular weight excluding hydrogens is 378 g/mol. The van der Waals surface area contributed by atoms with Gasteiger partial charge in [-0.2, -0.15) is 0 Å². The number of aryl methyl sites for hydroxylation is 1. The van der Waals surface area contributed by atoms with Crippen LogP contribution >= 0.6 is 0 Å². The quantitative estimate of drug-likeness (QED) is 0.560. The molecule has 1 amide bonds. The monoisotopic (exact) mass is 405 g/mol. The van der Waals surface area contributed by atoms with E-state index in [1.165, 1.54) is 5.56 Å². The fraction of sp³-hybridized carbons (Fsp3) is 0.240. The highest BCUT2D eigenvalue weighted by molar-refractivity contribution is 5.78. The molecule has 0 fully saturated rings. The first kappa shape index (κ1) is 21.2. The maximum absolute atomic E-state index is 12.3. The molecule has 0 aliphatic heterocycles. The van der Waals surface area contributed by atoms with Gasteiger partial charge in [0.05, 0.1) is 20.6 Å². The Morgan fingerprint density at radius 1 is 0.833 bits per heavy atom. The molecule has 0 radical (unpaired) electrons. The van der Waals surface area contributed by atoms with Gasteiger partial charge in [0, 0.05) is 6.54 Å². The molecule has 0 aliphatic rings. The highest BCUT2D eigenvalue weighted by Crippen LogP contribution is 2.32. The molecule has 0 bridgehead atoms. The van der Waals surface area contributed by atoms with Gasteiger partial charge in [-0.3, -0.25) is 4.79 Å². The number of ether oxygens (including phenoxy) is 3. The Bertz CT molecular complexity index is 983. The number of benzene rings is 3. The Morgan fingerprint density at radius 2 is 1.63 bits per heavy atom. The Morgan fingerprint density at radius 3 is 2.37 bits per heavy atom.